The van der Waals surface area contributed by atoms with Crippen LogP contribution in [0.2, 0.25) is 0 Å². The minimum absolute atomic E-state index is 0.197. The van der Waals surface area contributed by atoms with E-state index in [1.807, 2.05) is 25.1 Å². The van der Waals surface area contributed by atoms with Crippen LogP contribution < -0.4 is 16.4 Å². The highest BCUT2D eigenvalue weighted by Crippen LogP contribution is 2.19. The van der Waals surface area contributed by atoms with Gasteiger partial charge in [0.05, 0.1) is 5.52 Å². The Labute approximate surface area is 122 Å². The first-order valence-corrected chi connectivity index (χ1v) is 6.76. The number of amides is 2. The number of benzene rings is 1. The van der Waals surface area contributed by atoms with Gasteiger partial charge in [0.2, 0.25) is 5.91 Å². The standard InChI is InChI=1S/C15H18N4O2/c1-3-17-14(20)9(2)18-15(21)13-8-11(16)10-6-4-5-7-12(10)19-13/h4-9H,3H2,1-2H3,(H2,16,19)(H,17,20)(H,18,21). The van der Waals surface area contributed by atoms with E-state index < -0.39 is 11.9 Å². The number of likely N-dealkylation sites (N-methyl/N-ethyl adjacent to an activating group) is 1. The summed E-state index contributed by atoms with van der Waals surface area (Å²) < 4.78 is 0. The molecule has 1 aromatic carbocycles. The van der Waals surface area contributed by atoms with Crippen LogP contribution in [0.4, 0.5) is 5.69 Å². The van der Waals surface area contributed by atoms with Crippen LogP contribution in [0.5, 0.6) is 0 Å². The molecule has 0 aliphatic rings. The second kappa shape index (κ2) is 6.21. The number of nitrogen functional groups attached to an aromatic ring is 1. The summed E-state index contributed by atoms with van der Waals surface area (Å²) in [6.07, 6.45) is 0. The maximum atomic E-state index is 12.2. The fourth-order valence-electron chi connectivity index (χ4n) is 1.98. The van der Waals surface area contributed by atoms with E-state index >= 15 is 0 Å². The second-order valence-electron chi connectivity index (χ2n) is 4.70. The van der Waals surface area contributed by atoms with Crippen LogP contribution in [-0.2, 0) is 4.79 Å². The Hall–Kier alpha value is -2.63. The zero-order valence-electron chi connectivity index (χ0n) is 12.0. The maximum Gasteiger partial charge on any atom is 0.270 e. The molecule has 0 saturated heterocycles. The topological polar surface area (TPSA) is 97.1 Å². The number of nitrogens with zero attached hydrogens (tertiary/aromatic N) is 1. The molecule has 2 aromatic rings. The zero-order chi connectivity index (χ0) is 15.4. The third-order valence-corrected chi connectivity index (χ3v) is 3.07. The van der Waals surface area contributed by atoms with Crippen LogP contribution >= 0.6 is 0 Å². The predicted molar refractivity (Wildman–Crippen MR) is 81.8 cm³/mol. The van der Waals surface area contributed by atoms with Gasteiger partial charge in [0, 0.05) is 17.6 Å². The maximum absolute atomic E-state index is 12.2. The summed E-state index contributed by atoms with van der Waals surface area (Å²) in [5.74, 6) is -0.661. The summed E-state index contributed by atoms with van der Waals surface area (Å²) in [4.78, 5) is 28.0. The molecule has 2 amide bonds. The lowest BCUT2D eigenvalue weighted by Gasteiger charge is -2.13. The zero-order valence-corrected chi connectivity index (χ0v) is 12.0. The summed E-state index contributed by atoms with van der Waals surface area (Å²) in [6.45, 7) is 3.95. The summed E-state index contributed by atoms with van der Waals surface area (Å²) in [5, 5.41) is 6.05. The molecule has 0 saturated carbocycles. The van der Waals surface area contributed by atoms with Crippen molar-refractivity contribution in [3.63, 3.8) is 0 Å². The van der Waals surface area contributed by atoms with Gasteiger partial charge in [-0.15, -0.1) is 0 Å². The first-order chi connectivity index (χ1) is 10.0. The molecule has 2 rings (SSSR count). The van der Waals surface area contributed by atoms with Gasteiger partial charge in [-0.2, -0.15) is 0 Å². The number of para-hydroxylation sites is 1. The molecule has 6 nitrogen and oxygen atoms in total. The van der Waals surface area contributed by atoms with Crippen molar-refractivity contribution in [3.05, 3.63) is 36.0 Å². The number of fused-ring (bicyclic) bond motifs is 1. The molecule has 0 aliphatic heterocycles. The Morgan fingerprint density at radius 1 is 1.33 bits per heavy atom. The van der Waals surface area contributed by atoms with Crippen molar-refractivity contribution in [1.29, 1.82) is 0 Å². The lowest BCUT2D eigenvalue weighted by Crippen LogP contribution is -2.44. The van der Waals surface area contributed by atoms with Gasteiger partial charge in [-0.3, -0.25) is 9.59 Å². The minimum Gasteiger partial charge on any atom is -0.398 e. The van der Waals surface area contributed by atoms with E-state index in [0.29, 0.717) is 17.7 Å². The van der Waals surface area contributed by atoms with Crippen molar-refractivity contribution in [3.8, 4) is 0 Å². The van der Waals surface area contributed by atoms with Gasteiger partial charge < -0.3 is 16.4 Å². The van der Waals surface area contributed by atoms with Gasteiger partial charge in [-0.25, -0.2) is 4.98 Å². The fourth-order valence-corrected chi connectivity index (χ4v) is 1.98. The third-order valence-electron chi connectivity index (χ3n) is 3.07. The van der Waals surface area contributed by atoms with Crippen LogP contribution in [0.25, 0.3) is 10.9 Å². The highest BCUT2D eigenvalue weighted by Gasteiger charge is 2.17. The van der Waals surface area contributed by atoms with E-state index in [2.05, 4.69) is 15.6 Å². The molecule has 1 unspecified atom stereocenters. The molecule has 110 valence electrons. The molecule has 6 heteroatoms. The average Bonchev–Trinajstić information content (AvgIpc) is 2.47. The van der Waals surface area contributed by atoms with E-state index in [1.165, 1.54) is 6.07 Å². The third kappa shape index (κ3) is 3.28. The van der Waals surface area contributed by atoms with Crippen LogP contribution in [-0.4, -0.2) is 29.4 Å². The van der Waals surface area contributed by atoms with E-state index in [-0.39, 0.29) is 11.6 Å². The lowest BCUT2D eigenvalue weighted by atomic mass is 10.1. The van der Waals surface area contributed by atoms with Gasteiger partial charge in [0.25, 0.3) is 5.91 Å². The summed E-state index contributed by atoms with van der Waals surface area (Å²) in [6, 6.07) is 8.20. The molecule has 0 aliphatic carbocycles. The van der Waals surface area contributed by atoms with Gasteiger partial charge >= 0.3 is 0 Å². The smallest absolute Gasteiger partial charge is 0.270 e. The Kier molecular flexibility index (Phi) is 4.37. The number of nitrogens with one attached hydrogen (secondary N) is 2. The first-order valence-electron chi connectivity index (χ1n) is 6.76. The van der Waals surface area contributed by atoms with Crippen molar-refractivity contribution in [2.75, 3.05) is 12.3 Å². The lowest BCUT2D eigenvalue weighted by molar-refractivity contribution is -0.122. The molecule has 1 aromatic heterocycles. The van der Waals surface area contributed by atoms with Crippen molar-refractivity contribution < 1.29 is 9.59 Å². The number of anilines is 1. The van der Waals surface area contributed by atoms with Gasteiger partial charge in [0.15, 0.2) is 0 Å². The van der Waals surface area contributed by atoms with Gasteiger partial charge in [0.1, 0.15) is 11.7 Å². The molecule has 4 N–H and O–H groups in total. The monoisotopic (exact) mass is 286 g/mol. The van der Waals surface area contributed by atoms with E-state index in [1.54, 1.807) is 13.0 Å². The van der Waals surface area contributed by atoms with Gasteiger partial charge in [-0.05, 0) is 26.0 Å². The van der Waals surface area contributed by atoms with Crippen molar-refractivity contribution in [2.24, 2.45) is 0 Å². The Balaban J connectivity index is 2.22. The Bertz CT molecular complexity index is 684. The van der Waals surface area contributed by atoms with Crippen LogP contribution in [0.3, 0.4) is 0 Å². The van der Waals surface area contributed by atoms with Crippen molar-refractivity contribution in [2.45, 2.75) is 19.9 Å². The average molecular weight is 286 g/mol. The highest BCUT2D eigenvalue weighted by molar-refractivity contribution is 6.00. The molecular formula is C15H18N4O2. The molecule has 0 spiro atoms. The van der Waals surface area contributed by atoms with Crippen LogP contribution in [0.1, 0.15) is 24.3 Å². The number of aromatic nitrogens is 1. The van der Waals surface area contributed by atoms with E-state index in [9.17, 15) is 9.59 Å². The number of rotatable bonds is 4. The predicted octanol–water partition coefficient (Wildman–Crippen LogP) is 1.07. The highest BCUT2D eigenvalue weighted by atomic mass is 16.2. The number of carbonyl (C=O) groups excluding carboxylic acids is 2. The SMILES string of the molecule is CCNC(=O)C(C)NC(=O)c1cc(N)c2ccccc2n1. The summed E-state index contributed by atoms with van der Waals surface area (Å²) in [5.41, 5.74) is 7.26. The molecule has 1 heterocycles. The van der Waals surface area contributed by atoms with Gasteiger partial charge in [-0.1, -0.05) is 18.2 Å². The van der Waals surface area contributed by atoms with E-state index in [0.717, 1.165) is 5.39 Å². The van der Waals surface area contributed by atoms with Crippen molar-refractivity contribution >= 4 is 28.4 Å². The second-order valence-corrected chi connectivity index (χ2v) is 4.70. The largest absolute Gasteiger partial charge is 0.398 e. The number of hydrogen-bond donors (Lipinski definition) is 3. The van der Waals surface area contributed by atoms with Crippen LogP contribution in [0.15, 0.2) is 30.3 Å². The normalized spacial score (nSPS) is 11.9. The molecule has 1 atom stereocenters. The molecule has 0 bridgehead atoms. The number of pyridine rings is 1. The Morgan fingerprint density at radius 2 is 2.05 bits per heavy atom. The molecule has 0 radical (unpaired) electrons. The van der Waals surface area contributed by atoms with Crippen LogP contribution in [0, 0.1) is 0 Å². The number of nitrogens with two attached hydrogens (primary N) is 1. The Morgan fingerprint density at radius 3 is 2.76 bits per heavy atom. The summed E-state index contributed by atoms with van der Waals surface area (Å²) in [7, 11) is 0. The quantitative estimate of drug-likeness (QED) is 0.783. The summed E-state index contributed by atoms with van der Waals surface area (Å²) >= 11 is 0. The molecule has 21 heavy (non-hydrogen) atoms. The number of carbonyl (C=O) groups is 2. The van der Waals surface area contributed by atoms with Crippen molar-refractivity contribution in [1.82, 2.24) is 15.6 Å². The minimum atomic E-state index is -0.632. The first kappa shape index (κ1) is 14.8. The molecular weight excluding hydrogens is 268 g/mol. The van der Waals surface area contributed by atoms with E-state index in [4.69, 9.17) is 5.73 Å². The molecule has 0 fully saturated rings. The number of hydrogen-bond acceptors (Lipinski definition) is 4. The fraction of sp³-hybridized carbons (Fsp3) is 0.267.